The largest absolute Gasteiger partial charge is 1.00 e. The van der Waals surface area contributed by atoms with Crippen LogP contribution in [0.1, 0.15) is 0 Å². The summed E-state index contributed by atoms with van der Waals surface area (Å²) in [6.45, 7) is 0. The SMILES string of the molecule is CNS(=O)(=O)N(C)c1ccccc1.[Na+]. The molecule has 0 saturated heterocycles. The number of nitrogens with one attached hydrogen (secondary N) is 1. The number of hydrogen-bond acceptors (Lipinski definition) is 2. The van der Waals surface area contributed by atoms with Crippen LogP contribution in [-0.4, -0.2) is 22.5 Å². The van der Waals surface area contributed by atoms with E-state index in [0.717, 1.165) is 0 Å². The van der Waals surface area contributed by atoms with Gasteiger partial charge in [-0.1, -0.05) is 18.2 Å². The second kappa shape index (κ2) is 5.72. The topological polar surface area (TPSA) is 49.4 Å². The number of nitrogens with zero attached hydrogens (tertiary/aromatic N) is 1. The van der Waals surface area contributed by atoms with Gasteiger partial charge in [-0.2, -0.15) is 8.42 Å². The molecule has 0 amide bonds. The maximum absolute atomic E-state index is 11.3. The van der Waals surface area contributed by atoms with Crippen molar-refractivity contribution in [3.63, 3.8) is 0 Å². The molecule has 1 aromatic rings. The predicted octanol–water partition coefficient (Wildman–Crippen LogP) is -2.41. The van der Waals surface area contributed by atoms with Crippen LogP contribution in [0.5, 0.6) is 0 Å². The molecule has 0 fully saturated rings. The Hall–Kier alpha value is -0.0700. The first kappa shape index (κ1) is 13.9. The van der Waals surface area contributed by atoms with Gasteiger partial charge in [0.1, 0.15) is 0 Å². The predicted molar refractivity (Wildman–Crippen MR) is 52.8 cm³/mol. The van der Waals surface area contributed by atoms with Crippen LogP contribution >= 0.6 is 0 Å². The molecule has 0 atom stereocenters. The summed E-state index contributed by atoms with van der Waals surface area (Å²) >= 11 is 0. The Morgan fingerprint density at radius 1 is 1.21 bits per heavy atom. The van der Waals surface area contributed by atoms with E-state index >= 15 is 0 Å². The zero-order chi connectivity index (χ0) is 9.90. The quantitative estimate of drug-likeness (QED) is 0.580. The van der Waals surface area contributed by atoms with Gasteiger partial charge in [-0.15, -0.1) is 0 Å². The van der Waals surface area contributed by atoms with E-state index < -0.39 is 10.2 Å². The molecule has 0 aliphatic heterocycles. The third-order valence-corrected chi connectivity index (χ3v) is 3.19. The van der Waals surface area contributed by atoms with Crippen LogP contribution in [-0.2, 0) is 10.2 Å². The maximum Gasteiger partial charge on any atom is 1.00 e. The van der Waals surface area contributed by atoms with Crippen LogP contribution in [0.25, 0.3) is 0 Å². The van der Waals surface area contributed by atoms with Gasteiger partial charge in [0.05, 0.1) is 5.69 Å². The zero-order valence-corrected chi connectivity index (χ0v) is 11.4. The summed E-state index contributed by atoms with van der Waals surface area (Å²) < 4.78 is 26.1. The summed E-state index contributed by atoms with van der Waals surface area (Å²) in [6.07, 6.45) is 0. The Morgan fingerprint density at radius 2 is 1.71 bits per heavy atom. The van der Waals surface area contributed by atoms with Crippen LogP contribution in [0, 0.1) is 0 Å². The van der Waals surface area contributed by atoms with Crippen LogP contribution < -0.4 is 38.6 Å². The van der Waals surface area contributed by atoms with Gasteiger partial charge in [-0.3, -0.25) is 4.31 Å². The summed E-state index contributed by atoms with van der Waals surface area (Å²) in [5.74, 6) is 0. The van der Waals surface area contributed by atoms with E-state index in [9.17, 15) is 8.42 Å². The molecule has 14 heavy (non-hydrogen) atoms. The van der Waals surface area contributed by atoms with Crippen LogP contribution in [0.3, 0.4) is 0 Å². The average molecular weight is 223 g/mol. The van der Waals surface area contributed by atoms with Gasteiger partial charge in [0, 0.05) is 14.1 Å². The molecule has 1 N–H and O–H groups in total. The molecule has 0 heterocycles. The van der Waals surface area contributed by atoms with Gasteiger partial charge in [0.25, 0.3) is 0 Å². The fraction of sp³-hybridized carbons (Fsp3) is 0.250. The zero-order valence-electron chi connectivity index (χ0n) is 8.56. The van der Waals surface area contributed by atoms with E-state index in [1.54, 1.807) is 24.3 Å². The van der Waals surface area contributed by atoms with Crippen molar-refractivity contribution in [3.05, 3.63) is 30.3 Å². The third kappa shape index (κ3) is 3.25. The molecule has 0 saturated carbocycles. The van der Waals surface area contributed by atoms with Gasteiger partial charge in [0.15, 0.2) is 0 Å². The minimum atomic E-state index is -3.37. The molecule has 0 unspecified atom stereocenters. The van der Waals surface area contributed by atoms with Crippen molar-refractivity contribution in [2.24, 2.45) is 0 Å². The molecule has 0 aliphatic rings. The Bertz CT molecular complexity index is 366. The first-order valence-electron chi connectivity index (χ1n) is 3.80. The minimum Gasteiger partial charge on any atom is -0.261 e. The summed E-state index contributed by atoms with van der Waals surface area (Å²) in [5, 5.41) is 0. The molecule has 72 valence electrons. The number of rotatable bonds is 3. The first-order chi connectivity index (χ1) is 6.08. The molecule has 0 spiro atoms. The van der Waals surface area contributed by atoms with Gasteiger partial charge in [0.2, 0.25) is 0 Å². The number of para-hydroxylation sites is 1. The van der Waals surface area contributed by atoms with Gasteiger partial charge < -0.3 is 0 Å². The molecular formula is C8H12N2NaO2S+. The van der Waals surface area contributed by atoms with E-state index in [2.05, 4.69) is 4.72 Å². The Kier molecular flexibility index (Phi) is 5.70. The second-order valence-electron chi connectivity index (χ2n) is 2.51. The standard InChI is InChI=1S/C8H12N2O2S.Na/c1-9-13(11,12)10(2)8-6-4-3-5-7-8;/h3-7,9H,1-2H3;/q;+1. The summed E-state index contributed by atoms with van der Waals surface area (Å²) in [4.78, 5) is 0. The fourth-order valence-corrected chi connectivity index (χ4v) is 1.59. The van der Waals surface area contributed by atoms with Crippen molar-refractivity contribution in [2.75, 3.05) is 18.4 Å². The van der Waals surface area contributed by atoms with Gasteiger partial charge in [-0.05, 0) is 12.1 Å². The minimum absolute atomic E-state index is 0. The van der Waals surface area contributed by atoms with Crippen LogP contribution in [0.15, 0.2) is 30.3 Å². The Morgan fingerprint density at radius 3 is 2.14 bits per heavy atom. The molecule has 1 aromatic carbocycles. The van der Waals surface area contributed by atoms with Crippen LogP contribution in [0.2, 0.25) is 0 Å². The van der Waals surface area contributed by atoms with E-state index in [1.165, 1.54) is 18.4 Å². The fourth-order valence-electron chi connectivity index (χ4n) is 0.914. The van der Waals surface area contributed by atoms with E-state index in [4.69, 9.17) is 0 Å². The molecule has 0 aromatic heterocycles. The Balaban J connectivity index is 0.00000169. The molecule has 0 aliphatic carbocycles. The number of anilines is 1. The van der Waals surface area contributed by atoms with Crippen molar-refractivity contribution in [2.45, 2.75) is 0 Å². The van der Waals surface area contributed by atoms with Crippen molar-refractivity contribution < 1.29 is 38.0 Å². The molecule has 4 nitrogen and oxygen atoms in total. The summed E-state index contributed by atoms with van der Waals surface area (Å²) in [6, 6.07) is 8.88. The molecule has 6 heteroatoms. The normalized spacial score (nSPS) is 10.4. The van der Waals surface area contributed by atoms with E-state index in [1.807, 2.05) is 6.07 Å². The van der Waals surface area contributed by atoms with E-state index in [0.29, 0.717) is 5.69 Å². The van der Waals surface area contributed by atoms with Crippen LogP contribution in [0.4, 0.5) is 5.69 Å². The molecule has 1 rings (SSSR count). The van der Waals surface area contributed by atoms with Crippen molar-refractivity contribution in [1.82, 2.24) is 4.72 Å². The number of benzene rings is 1. The molecular weight excluding hydrogens is 211 g/mol. The monoisotopic (exact) mass is 223 g/mol. The van der Waals surface area contributed by atoms with Crippen molar-refractivity contribution in [1.29, 1.82) is 0 Å². The number of hydrogen-bond donors (Lipinski definition) is 1. The van der Waals surface area contributed by atoms with Gasteiger partial charge in [-0.25, -0.2) is 4.72 Å². The smallest absolute Gasteiger partial charge is 0.261 e. The Labute approximate surface area is 107 Å². The van der Waals surface area contributed by atoms with E-state index in [-0.39, 0.29) is 29.6 Å². The third-order valence-electron chi connectivity index (χ3n) is 1.74. The second-order valence-corrected chi connectivity index (χ2v) is 4.42. The first-order valence-corrected chi connectivity index (χ1v) is 5.24. The van der Waals surface area contributed by atoms with Crippen molar-refractivity contribution in [3.8, 4) is 0 Å². The average Bonchev–Trinajstić information content (AvgIpc) is 2.18. The summed E-state index contributed by atoms with van der Waals surface area (Å²) in [5.41, 5.74) is 0.636. The summed E-state index contributed by atoms with van der Waals surface area (Å²) in [7, 11) is -0.483. The molecule has 0 radical (unpaired) electrons. The van der Waals surface area contributed by atoms with Crippen molar-refractivity contribution >= 4 is 15.9 Å². The molecule has 0 bridgehead atoms. The maximum atomic E-state index is 11.3. The van der Waals surface area contributed by atoms with Gasteiger partial charge >= 0.3 is 39.8 Å².